The molecule has 0 aliphatic rings. The highest BCUT2D eigenvalue weighted by Gasteiger charge is 2.15. The number of carbonyl (C=O) groups is 1. The topological polar surface area (TPSA) is 102 Å². The summed E-state index contributed by atoms with van der Waals surface area (Å²) in [5.41, 5.74) is 11.9. The van der Waals surface area contributed by atoms with E-state index in [1.54, 1.807) is 30.3 Å². The molecular formula is C13H14N2O3. The molecule has 0 aliphatic heterocycles. The second-order valence-electron chi connectivity index (χ2n) is 3.89. The molecule has 2 rings (SSSR count). The molecule has 0 fully saturated rings. The van der Waals surface area contributed by atoms with Gasteiger partial charge < -0.3 is 21.0 Å². The fourth-order valence-electron chi connectivity index (χ4n) is 1.70. The van der Waals surface area contributed by atoms with Crippen LogP contribution in [0.25, 0.3) is 11.3 Å². The maximum Gasteiger partial charge on any atom is 0.336 e. The van der Waals surface area contributed by atoms with Crippen LogP contribution < -0.4 is 11.5 Å². The van der Waals surface area contributed by atoms with Crippen LogP contribution in [0.15, 0.2) is 40.8 Å². The molecule has 18 heavy (non-hydrogen) atoms. The maximum atomic E-state index is 11.1. The second kappa shape index (κ2) is 5.03. The Hall–Kier alpha value is -2.11. The average molecular weight is 246 g/mol. The molecular weight excluding hydrogens is 232 g/mol. The molecule has 0 aliphatic carbocycles. The van der Waals surface area contributed by atoms with Crippen molar-refractivity contribution in [1.29, 1.82) is 0 Å². The van der Waals surface area contributed by atoms with Gasteiger partial charge in [-0.1, -0.05) is 18.2 Å². The minimum Gasteiger partial charge on any atom is -0.478 e. The lowest BCUT2D eigenvalue weighted by molar-refractivity contribution is 0.0697. The molecule has 5 nitrogen and oxygen atoms in total. The molecule has 5 heteroatoms. The number of carboxylic acid groups (broad SMARTS) is 1. The number of nitrogens with two attached hydrogens (primary N) is 2. The van der Waals surface area contributed by atoms with Crippen LogP contribution in [0.1, 0.15) is 22.2 Å². The van der Waals surface area contributed by atoms with Crippen LogP contribution in [0.3, 0.4) is 0 Å². The van der Waals surface area contributed by atoms with Gasteiger partial charge >= 0.3 is 5.97 Å². The summed E-state index contributed by atoms with van der Waals surface area (Å²) in [6.45, 7) is 0.271. The average Bonchev–Trinajstić information content (AvgIpc) is 2.87. The van der Waals surface area contributed by atoms with E-state index in [1.807, 2.05) is 0 Å². The van der Waals surface area contributed by atoms with Gasteiger partial charge in [-0.25, -0.2) is 4.79 Å². The molecule has 1 aromatic carbocycles. The van der Waals surface area contributed by atoms with Crippen molar-refractivity contribution in [3.8, 4) is 11.3 Å². The van der Waals surface area contributed by atoms with Gasteiger partial charge in [-0.3, -0.25) is 0 Å². The molecule has 0 radical (unpaired) electrons. The third-order valence-corrected chi connectivity index (χ3v) is 2.67. The van der Waals surface area contributed by atoms with Gasteiger partial charge in [0.15, 0.2) is 0 Å². The summed E-state index contributed by atoms with van der Waals surface area (Å²) in [5.74, 6) is 0.0336. The van der Waals surface area contributed by atoms with Gasteiger partial charge in [0.2, 0.25) is 0 Å². The number of carboxylic acids is 1. The monoisotopic (exact) mass is 246 g/mol. The molecule has 1 atom stereocenters. The van der Waals surface area contributed by atoms with Crippen molar-refractivity contribution in [2.45, 2.75) is 6.04 Å². The van der Waals surface area contributed by atoms with E-state index in [1.165, 1.54) is 6.07 Å². The summed E-state index contributed by atoms with van der Waals surface area (Å²) in [6.07, 6.45) is 0. The number of aromatic carboxylic acids is 1. The Kier molecular flexibility index (Phi) is 3.45. The highest BCUT2D eigenvalue weighted by molar-refractivity contribution is 5.95. The van der Waals surface area contributed by atoms with E-state index < -0.39 is 5.97 Å². The van der Waals surface area contributed by atoms with Gasteiger partial charge in [-0.15, -0.1) is 0 Å². The molecule has 94 valence electrons. The Morgan fingerprint density at radius 3 is 2.67 bits per heavy atom. The highest BCUT2D eigenvalue weighted by atomic mass is 16.4. The van der Waals surface area contributed by atoms with Gasteiger partial charge in [-0.2, -0.15) is 0 Å². The van der Waals surface area contributed by atoms with Gasteiger partial charge in [0.05, 0.1) is 11.6 Å². The molecule has 2 aromatic rings. The molecule has 1 unspecified atom stereocenters. The minimum atomic E-state index is -0.994. The number of furan rings is 1. The van der Waals surface area contributed by atoms with Crippen molar-refractivity contribution in [2.24, 2.45) is 11.5 Å². The largest absolute Gasteiger partial charge is 0.478 e. The van der Waals surface area contributed by atoms with E-state index in [-0.39, 0.29) is 18.2 Å². The normalized spacial score (nSPS) is 12.3. The Labute approximate surface area is 104 Å². The number of rotatable bonds is 4. The first-order valence-electron chi connectivity index (χ1n) is 5.51. The molecule has 5 N–H and O–H groups in total. The zero-order valence-electron chi connectivity index (χ0n) is 9.67. The SMILES string of the molecule is NCC(N)c1ccc(-c2ccccc2C(=O)O)o1. The fourth-order valence-corrected chi connectivity index (χ4v) is 1.70. The molecule has 0 spiro atoms. The maximum absolute atomic E-state index is 11.1. The van der Waals surface area contributed by atoms with Gasteiger partial charge in [0.25, 0.3) is 0 Å². The first-order valence-corrected chi connectivity index (χ1v) is 5.51. The zero-order valence-corrected chi connectivity index (χ0v) is 9.67. The lowest BCUT2D eigenvalue weighted by atomic mass is 10.1. The predicted molar refractivity (Wildman–Crippen MR) is 67.1 cm³/mol. The third kappa shape index (κ3) is 2.27. The van der Waals surface area contributed by atoms with Crippen LogP contribution in [-0.2, 0) is 0 Å². The Morgan fingerprint density at radius 1 is 1.28 bits per heavy atom. The quantitative estimate of drug-likeness (QED) is 0.760. The van der Waals surface area contributed by atoms with E-state index in [0.717, 1.165) is 0 Å². The fraction of sp³-hybridized carbons (Fsp3) is 0.154. The second-order valence-corrected chi connectivity index (χ2v) is 3.89. The summed E-state index contributed by atoms with van der Waals surface area (Å²) in [5, 5.41) is 9.10. The number of benzene rings is 1. The van der Waals surface area contributed by atoms with Gasteiger partial charge in [0, 0.05) is 12.1 Å². The Balaban J connectivity index is 2.43. The van der Waals surface area contributed by atoms with Crippen molar-refractivity contribution in [1.82, 2.24) is 0 Å². The Bertz CT molecular complexity index is 563. The zero-order chi connectivity index (χ0) is 13.1. The molecule has 1 aromatic heterocycles. The summed E-state index contributed by atoms with van der Waals surface area (Å²) in [4.78, 5) is 11.1. The first kappa shape index (κ1) is 12.3. The predicted octanol–water partition coefficient (Wildman–Crippen LogP) is 1.60. The lowest BCUT2D eigenvalue weighted by Gasteiger charge is -2.05. The van der Waals surface area contributed by atoms with Gasteiger partial charge in [0.1, 0.15) is 11.5 Å². The first-order chi connectivity index (χ1) is 8.63. The van der Waals surface area contributed by atoms with Crippen molar-refractivity contribution >= 4 is 5.97 Å². The molecule has 0 bridgehead atoms. The van der Waals surface area contributed by atoms with Gasteiger partial charge in [-0.05, 0) is 18.2 Å². The molecule has 0 saturated heterocycles. The molecule has 1 heterocycles. The van der Waals surface area contributed by atoms with E-state index in [0.29, 0.717) is 17.1 Å². The number of hydrogen-bond acceptors (Lipinski definition) is 4. The van der Waals surface area contributed by atoms with E-state index in [9.17, 15) is 4.79 Å². The molecule has 0 saturated carbocycles. The van der Waals surface area contributed by atoms with E-state index in [2.05, 4.69) is 0 Å². The van der Waals surface area contributed by atoms with Crippen LogP contribution in [0.2, 0.25) is 0 Å². The summed E-state index contributed by atoms with van der Waals surface area (Å²) < 4.78 is 5.54. The molecule has 0 amide bonds. The third-order valence-electron chi connectivity index (χ3n) is 2.67. The smallest absolute Gasteiger partial charge is 0.336 e. The van der Waals surface area contributed by atoms with Crippen molar-refractivity contribution < 1.29 is 14.3 Å². The number of hydrogen-bond donors (Lipinski definition) is 3. The summed E-state index contributed by atoms with van der Waals surface area (Å²) in [7, 11) is 0. The van der Waals surface area contributed by atoms with Crippen LogP contribution in [0.5, 0.6) is 0 Å². The van der Waals surface area contributed by atoms with Crippen LogP contribution in [0, 0.1) is 0 Å². The van der Waals surface area contributed by atoms with Crippen molar-refractivity contribution in [2.75, 3.05) is 6.54 Å². The minimum absolute atomic E-state index is 0.194. The summed E-state index contributed by atoms with van der Waals surface area (Å²) >= 11 is 0. The highest BCUT2D eigenvalue weighted by Crippen LogP contribution is 2.27. The van der Waals surface area contributed by atoms with Crippen LogP contribution in [-0.4, -0.2) is 17.6 Å². The standard InChI is InChI=1S/C13H14N2O3/c14-7-10(15)12-6-5-11(18-12)8-3-1-2-4-9(8)13(16)17/h1-6,10H,7,14-15H2,(H,16,17). The summed E-state index contributed by atoms with van der Waals surface area (Å²) in [6, 6.07) is 9.69. The van der Waals surface area contributed by atoms with Crippen molar-refractivity contribution in [3.63, 3.8) is 0 Å². The van der Waals surface area contributed by atoms with Crippen LogP contribution in [0.4, 0.5) is 0 Å². The lowest BCUT2D eigenvalue weighted by Crippen LogP contribution is -2.19. The van der Waals surface area contributed by atoms with Crippen molar-refractivity contribution in [3.05, 3.63) is 47.7 Å². The van der Waals surface area contributed by atoms with Crippen LogP contribution >= 0.6 is 0 Å². The van der Waals surface area contributed by atoms with E-state index in [4.69, 9.17) is 21.0 Å². The Morgan fingerprint density at radius 2 is 2.00 bits per heavy atom. The van der Waals surface area contributed by atoms with E-state index >= 15 is 0 Å².